The minimum absolute atomic E-state index is 0.0918. The number of halogens is 1. The molecule has 2 aliphatic heterocycles. The van der Waals surface area contributed by atoms with Crippen molar-refractivity contribution < 1.29 is 24.4 Å². The molecule has 2 amide bonds. The second-order valence-corrected chi connectivity index (χ2v) is 6.35. The number of nitro benzene ring substituents is 1. The molecule has 2 aliphatic rings. The number of rotatable bonds is 4. The highest BCUT2D eigenvalue weighted by Crippen LogP contribution is 2.44. The van der Waals surface area contributed by atoms with Crippen molar-refractivity contribution in [2.45, 2.75) is 12.1 Å². The van der Waals surface area contributed by atoms with Crippen LogP contribution in [0.4, 0.5) is 5.69 Å². The Morgan fingerprint density at radius 2 is 2.04 bits per heavy atom. The van der Waals surface area contributed by atoms with Crippen LogP contribution in [0.5, 0.6) is 0 Å². The number of benzene rings is 1. The maximum absolute atomic E-state index is 12.6. The summed E-state index contributed by atoms with van der Waals surface area (Å²) in [5.74, 6) is -2.51. The maximum Gasteiger partial charge on any atom is 0.321 e. The molecule has 1 aromatic rings. The summed E-state index contributed by atoms with van der Waals surface area (Å²) in [6, 6.07) is 1.72. The number of carbonyl (C=O) groups is 3. The van der Waals surface area contributed by atoms with E-state index in [0.29, 0.717) is 5.56 Å². The topological polar surface area (TPSA) is 130 Å². The molecule has 4 unspecified atom stereocenters. The summed E-state index contributed by atoms with van der Waals surface area (Å²) in [4.78, 5) is 47.9. The lowest BCUT2D eigenvalue weighted by Crippen LogP contribution is -2.43. The summed E-state index contributed by atoms with van der Waals surface area (Å²) < 4.78 is 0. The highest BCUT2D eigenvalue weighted by Gasteiger charge is 2.60. The quantitative estimate of drug-likeness (QED) is 0.339. The zero-order chi connectivity index (χ0) is 19.2. The number of nitrogens with zero attached hydrogens (tertiary/aromatic N) is 2. The number of nitro groups is 1. The van der Waals surface area contributed by atoms with Crippen LogP contribution in [0.15, 0.2) is 18.2 Å². The number of hydrogen-bond donors (Lipinski definition) is 2. The molecule has 9 nitrogen and oxygen atoms in total. The molecule has 3 rings (SSSR count). The molecule has 0 spiro atoms. The Bertz CT molecular complexity index is 879. The fraction of sp³-hybridized carbons (Fsp3) is 0.312. The van der Waals surface area contributed by atoms with Gasteiger partial charge >= 0.3 is 5.97 Å². The van der Waals surface area contributed by atoms with E-state index in [2.05, 4.69) is 11.2 Å². The predicted octanol–water partition coefficient (Wildman–Crippen LogP) is 0.580. The average Bonchev–Trinajstić information content (AvgIpc) is 3.08. The first-order valence-electron chi connectivity index (χ1n) is 7.49. The average molecular weight is 378 g/mol. The third-order valence-corrected chi connectivity index (χ3v) is 4.93. The number of carboxylic acid groups (broad SMARTS) is 1. The number of aliphatic carboxylic acids is 1. The van der Waals surface area contributed by atoms with Gasteiger partial charge in [0.05, 0.1) is 23.3 Å². The van der Waals surface area contributed by atoms with Crippen molar-refractivity contribution in [2.24, 2.45) is 11.8 Å². The highest BCUT2D eigenvalue weighted by molar-refractivity contribution is 6.32. The van der Waals surface area contributed by atoms with Crippen molar-refractivity contribution in [3.05, 3.63) is 38.9 Å². The van der Waals surface area contributed by atoms with E-state index in [1.165, 1.54) is 18.2 Å². The van der Waals surface area contributed by atoms with Gasteiger partial charge in [-0.25, -0.2) is 0 Å². The molecule has 0 aliphatic carbocycles. The summed E-state index contributed by atoms with van der Waals surface area (Å²) in [5, 5.41) is 23.2. The smallest absolute Gasteiger partial charge is 0.321 e. The van der Waals surface area contributed by atoms with Gasteiger partial charge in [-0.2, -0.15) is 0 Å². The van der Waals surface area contributed by atoms with Crippen molar-refractivity contribution in [1.29, 1.82) is 0 Å². The third kappa shape index (κ3) is 2.60. The summed E-state index contributed by atoms with van der Waals surface area (Å²) in [6.45, 7) is -0.259. The zero-order valence-corrected chi connectivity index (χ0v) is 13.8. The van der Waals surface area contributed by atoms with Gasteiger partial charge in [-0.05, 0) is 11.6 Å². The van der Waals surface area contributed by atoms with E-state index in [1.54, 1.807) is 0 Å². The molecule has 0 bridgehead atoms. The van der Waals surface area contributed by atoms with E-state index in [-0.39, 0.29) is 17.3 Å². The van der Waals surface area contributed by atoms with Crippen LogP contribution in [0.25, 0.3) is 0 Å². The molecule has 1 aromatic carbocycles. The molecule has 2 fully saturated rings. The summed E-state index contributed by atoms with van der Waals surface area (Å²) in [7, 11) is 0. The van der Waals surface area contributed by atoms with E-state index in [0.717, 1.165) is 4.90 Å². The Morgan fingerprint density at radius 1 is 1.38 bits per heavy atom. The number of carboxylic acids is 1. The highest BCUT2D eigenvalue weighted by atomic mass is 35.5. The first kappa shape index (κ1) is 17.8. The molecule has 2 heterocycles. The van der Waals surface area contributed by atoms with Crippen LogP contribution in [0.3, 0.4) is 0 Å². The molecule has 0 saturated carbocycles. The molecule has 134 valence electrons. The minimum atomic E-state index is -1.31. The van der Waals surface area contributed by atoms with Gasteiger partial charge in [0.2, 0.25) is 11.8 Å². The van der Waals surface area contributed by atoms with Crippen molar-refractivity contribution in [1.82, 2.24) is 10.2 Å². The van der Waals surface area contributed by atoms with Crippen molar-refractivity contribution >= 4 is 35.1 Å². The summed E-state index contributed by atoms with van der Waals surface area (Å²) >= 11 is 5.80. The van der Waals surface area contributed by atoms with Crippen molar-refractivity contribution in [2.75, 3.05) is 6.54 Å². The van der Waals surface area contributed by atoms with Gasteiger partial charge in [-0.1, -0.05) is 23.6 Å². The van der Waals surface area contributed by atoms with Gasteiger partial charge in [0, 0.05) is 12.1 Å². The van der Waals surface area contributed by atoms with E-state index in [4.69, 9.17) is 18.0 Å². The number of hydrogen-bond acceptors (Lipinski definition) is 6. The third-order valence-electron chi connectivity index (χ3n) is 4.61. The van der Waals surface area contributed by atoms with E-state index in [1.807, 2.05) is 0 Å². The van der Waals surface area contributed by atoms with Crippen LogP contribution >= 0.6 is 11.6 Å². The van der Waals surface area contributed by atoms with Gasteiger partial charge in [-0.15, -0.1) is 6.42 Å². The Morgan fingerprint density at radius 3 is 2.62 bits per heavy atom. The standard InChI is InChI=1S/C16H12ClN3O6/c1-2-5-19-14(21)10-11(15(19)22)13(16(23)24)18-12(10)7-3-4-8(17)9(6-7)20(25)26/h1,3-4,6,10-13,18H,5H2,(H,23,24). The van der Waals surface area contributed by atoms with E-state index in [9.17, 15) is 29.6 Å². The Kier molecular flexibility index (Phi) is 4.39. The SMILES string of the molecule is C#CCN1C(=O)C2C(C(=O)O)NC(c3ccc(Cl)c([N+](=O)[O-])c3)C2C1=O. The number of carbonyl (C=O) groups excluding carboxylic acids is 2. The second-order valence-electron chi connectivity index (χ2n) is 5.95. The molecule has 0 radical (unpaired) electrons. The number of likely N-dealkylation sites (tertiary alicyclic amines) is 1. The fourth-order valence-electron chi connectivity index (χ4n) is 3.51. The van der Waals surface area contributed by atoms with Crippen LogP contribution < -0.4 is 5.32 Å². The summed E-state index contributed by atoms with van der Waals surface area (Å²) in [6.07, 6.45) is 5.18. The first-order chi connectivity index (χ1) is 12.3. The van der Waals surface area contributed by atoms with E-state index >= 15 is 0 Å². The molecule has 4 atom stereocenters. The number of fused-ring (bicyclic) bond motifs is 1. The Balaban J connectivity index is 2.06. The van der Waals surface area contributed by atoms with Crippen LogP contribution in [0, 0.1) is 34.3 Å². The number of imide groups is 1. The van der Waals surface area contributed by atoms with Gasteiger partial charge < -0.3 is 5.11 Å². The van der Waals surface area contributed by atoms with Gasteiger partial charge in [0.25, 0.3) is 5.69 Å². The van der Waals surface area contributed by atoms with Crippen LogP contribution in [0.1, 0.15) is 11.6 Å². The number of terminal acetylenes is 1. The largest absolute Gasteiger partial charge is 0.480 e. The van der Waals surface area contributed by atoms with Crippen molar-refractivity contribution in [3.8, 4) is 12.3 Å². The zero-order valence-electron chi connectivity index (χ0n) is 13.1. The monoisotopic (exact) mass is 377 g/mol. The number of amides is 2. The van der Waals surface area contributed by atoms with Crippen LogP contribution in [0.2, 0.25) is 5.02 Å². The van der Waals surface area contributed by atoms with Gasteiger partial charge in [0.1, 0.15) is 11.1 Å². The molecular weight excluding hydrogens is 366 g/mol. The second kappa shape index (κ2) is 6.40. The van der Waals surface area contributed by atoms with Gasteiger partial charge in [-0.3, -0.25) is 34.7 Å². The number of nitrogens with one attached hydrogen (secondary N) is 1. The molecule has 0 aromatic heterocycles. The molecule has 26 heavy (non-hydrogen) atoms. The minimum Gasteiger partial charge on any atom is -0.480 e. The lowest BCUT2D eigenvalue weighted by Gasteiger charge is -2.20. The maximum atomic E-state index is 12.6. The molecule has 2 saturated heterocycles. The molecular formula is C16H12ClN3O6. The summed E-state index contributed by atoms with van der Waals surface area (Å²) in [5.41, 5.74) is -0.0814. The first-order valence-corrected chi connectivity index (χ1v) is 7.87. The van der Waals surface area contributed by atoms with Crippen LogP contribution in [-0.2, 0) is 14.4 Å². The van der Waals surface area contributed by atoms with Gasteiger partial charge in [0.15, 0.2) is 0 Å². The van der Waals surface area contributed by atoms with Crippen LogP contribution in [-0.4, -0.2) is 45.3 Å². The van der Waals surface area contributed by atoms with E-state index < -0.39 is 46.6 Å². The van der Waals surface area contributed by atoms with Crippen molar-refractivity contribution in [3.63, 3.8) is 0 Å². The normalized spacial score (nSPS) is 27.3. The Labute approximate surface area is 152 Å². The molecule has 10 heteroatoms. The fourth-order valence-corrected chi connectivity index (χ4v) is 3.70. The predicted molar refractivity (Wildman–Crippen MR) is 87.9 cm³/mol. The lowest BCUT2D eigenvalue weighted by molar-refractivity contribution is -0.384. The Hall–Kier alpha value is -2.96. The lowest BCUT2D eigenvalue weighted by atomic mass is 9.86. The molecule has 2 N–H and O–H groups in total.